The van der Waals surface area contributed by atoms with E-state index in [2.05, 4.69) is 6.07 Å². The maximum absolute atomic E-state index is 12.7. The number of benzene rings is 1. The van der Waals surface area contributed by atoms with Gasteiger partial charge in [0.25, 0.3) is 0 Å². The van der Waals surface area contributed by atoms with Crippen molar-refractivity contribution >= 4 is 34.6 Å². The largest absolute Gasteiger partial charge is 0.459 e. The van der Waals surface area contributed by atoms with Gasteiger partial charge in [0.1, 0.15) is 18.2 Å². The highest BCUT2D eigenvalue weighted by atomic mass is 32.2. The third-order valence-corrected chi connectivity index (χ3v) is 7.63. The lowest BCUT2D eigenvalue weighted by atomic mass is 10.0. The molecule has 0 unspecified atom stereocenters. The van der Waals surface area contributed by atoms with Gasteiger partial charge in [-0.15, -0.1) is 11.8 Å². The molecular formula is C21H21NO5S. The number of esters is 1. The Balaban J connectivity index is 1.40. The first-order chi connectivity index (χ1) is 13.4. The van der Waals surface area contributed by atoms with Crippen molar-refractivity contribution < 1.29 is 18.7 Å². The number of ether oxygens (including phenoxy) is 1. The van der Waals surface area contributed by atoms with E-state index < -0.39 is 17.6 Å². The summed E-state index contributed by atoms with van der Waals surface area (Å²) in [5, 5.41) is 0.816. The molecule has 3 heterocycles. The molecule has 2 fully saturated rings. The lowest BCUT2D eigenvalue weighted by Crippen LogP contribution is -2.46. The summed E-state index contributed by atoms with van der Waals surface area (Å²) in [6, 6.07) is 4.83. The molecule has 1 amide bonds. The molecule has 0 spiro atoms. The molecule has 1 aromatic heterocycles. The zero-order valence-electron chi connectivity index (χ0n) is 15.7. The van der Waals surface area contributed by atoms with Gasteiger partial charge in [-0.1, -0.05) is 0 Å². The molecule has 146 valence electrons. The second-order valence-corrected chi connectivity index (χ2v) is 9.44. The molecule has 1 aromatic carbocycles. The van der Waals surface area contributed by atoms with Crippen molar-refractivity contribution in [2.75, 3.05) is 5.75 Å². The van der Waals surface area contributed by atoms with Crippen LogP contribution in [0.25, 0.3) is 11.0 Å². The van der Waals surface area contributed by atoms with E-state index >= 15 is 0 Å². The Hall–Kier alpha value is -2.28. The van der Waals surface area contributed by atoms with Crippen molar-refractivity contribution in [3.8, 4) is 0 Å². The van der Waals surface area contributed by atoms with Crippen LogP contribution in [0.2, 0.25) is 0 Å². The van der Waals surface area contributed by atoms with Crippen LogP contribution < -0.4 is 5.63 Å². The van der Waals surface area contributed by atoms with Crippen LogP contribution in [-0.2, 0) is 33.8 Å². The summed E-state index contributed by atoms with van der Waals surface area (Å²) in [5.74, 6) is 0.150. The SMILES string of the molecule is C[C@@]12CCC(=O)N1[C@@H](C(=O)OCc1cc(=O)oc3cc4c(cc13)CCC4)CS2. The van der Waals surface area contributed by atoms with Crippen LogP contribution in [0.1, 0.15) is 42.9 Å². The number of amides is 1. The zero-order chi connectivity index (χ0) is 19.5. The summed E-state index contributed by atoms with van der Waals surface area (Å²) in [7, 11) is 0. The molecular weight excluding hydrogens is 378 g/mol. The molecule has 6 nitrogen and oxygen atoms in total. The number of thioether (sulfide) groups is 1. The zero-order valence-corrected chi connectivity index (χ0v) is 16.5. The van der Waals surface area contributed by atoms with Crippen molar-refractivity contribution in [3.05, 3.63) is 45.3 Å². The molecule has 2 saturated heterocycles. The van der Waals surface area contributed by atoms with Gasteiger partial charge in [-0.25, -0.2) is 9.59 Å². The molecule has 1 aliphatic carbocycles. The minimum atomic E-state index is -0.555. The maximum Gasteiger partial charge on any atom is 0.336 e. The Morgan fingerprint density at radius 3 is 2.86 bits per heavy atom. The minimum Gasteiger partial charge on any atom is -0.459 e. The average Bonchev–Trinajstić information content (AvgIpc) is 3.33. The van der Waals surface area contributed by atoms with Crippen molar-refractivity contribution in [1.29, 1.82) is 0 Å². The van der Waals surface area contributed by atoms with E-state index in [0.717, 1.165) is 31.1 Å². The summed E-state index contributed by atoms with van der Waals surface area (Å²) in [6.07, 6.45) is 4.34. The van der Waals surface area contributed by atoms with Crippen LogP contribution in [0.5, 0.6) is 0 Å². The number of hydrogen-bond acceptors (Lipinski definition) is 6. The molecule has 2 atom stereocenters. The minimum absolute atomic E-state index is 0.000366. The molecule has 28 heavy (non-hydrogen) atoms. The summed E-state index contributed by atoms with van der Waals surface area (Å²) in [4.78, 5) is 38.3. The Morgan fingerprint density at radius 2 is 2.04 bits per heavy atom. The molecule has 0 radical (unpaired) electrons. The van der Waals surface area contributed by atoms with E-state index in [1.165, 1.54) is 17.2 Å². The number of carbonyl (C=O) groups is 2. The predicted molar refractivity (Wildman–Crippen MR) is 105 cm³/mol. The number of rotatable bonds is 3. The summed E-state index contributed by atoms with van der Waals surface area (Å²) in [5.41, 5.74) is 3.22. The summed E-state index contributed by atoms with van der Waals surface area (Å²) in [6.45, 7) is 2.01. The third kappa shape index (κ3) is 2.75. The smallest absolute Gasteiger partial charge is 0.336 e. The van der Waals surface area contributed by atoms with Gasteiger partial charge in [-0.2, -0.15) is 0 Å². The molecule has 2 aromatic rings. The number of carbonyl (C=O) groups excluding carboxylic acids is 2. The second-order valence-electron chi connectivity index (χ2n) is 7.93. The fraction of sp³-hybridized carbons (Fsp3) is 0.476. The summed E-state index contributed by atoms with van der Waals surface area (Å²) >= 11 is 1.63. The van der Waals surface area contributed by atoms with E-state index in [-0.39, 0.29) is 17.4 Å². The van der Waals surface area contributed by atoms with Crippen molar-refractivity contribution in [2.24, 2.45) is 0 Å². The molecule has 3 aliphatic rings. The lowest BCUT2D eigenvalue weighted by molar-refractivity contribution is -0.154. The second kappa shape index (κ2) is 6.37. The van der Waals surface area contributed by atoms with Gasteiger partial charge in [0.05, 0.1) is 4.87 Å². The van der Waals surface area contributed by atoms with Crippen molar-refractivity contribution in [3.63, 3.8) is 0 Å². The first-order valence-electron chi connectivity index (χ1n) is 9.66. The Kier molecular flexibility index (Phi) is 4.05. The standard InChI is InChI=1S/C21H21NO5S/c1-21-6-5-18(23)22(21)16(11-28-21)20(25)26-10-14-9-19(24)27-17-8-13-4-2-3-12(13)7-15(14)17/h7-9,16H,2-6,10-11H2,1H3/t16-,21-/m1/s1. The van der Waals surface area contributed by atoms with E-state index in [0.29, 0.717) is 23.3 Å². The molecule has 7 heteroatoms. The quantitative estimate of drug-likeness (QED) is 0.584. The Labute approximate surface area is 166 Å². The normalized spacial score (nSPS) is 26.0. The fourth-order valence-electron chi connectivity index (χ4n) is 4.65. The molecule has 0 saturated carbocycles. The molecule has 5 rings (SSSR count). The van der Waals surface area contributed by atoms with Crippen LogP contribution in [-0.4, -0.2) is 33.4 Å². The fourth-order valence-corrected chi connectivity index (χ4v) is 6.07. The van der Waals surface area contributed by atoms with Gasteiger partial charge < -0.3 is 14.1 Å². The van der Waals surface area contributed by atoms with Gasteiger partial charge >= 0.3 is 11.6 Å². The highest BCUT2D eigenvalue weighted by molar-refractivity contribution is 8.01. The lowest BCUT2D eigenvalue weighted by Gasteiger charge is -2.29. The van der Waals surface area contributed by atoms with E-state index in [4.69, 9.17) is 9.15 Å². The average molecular weight is 399 g/mol. The first-order valence-corrected chi connectivity index (χ1v) is 10.6. The first kappa shape index (κ1) is 17.8. The van der Waals surface area contributed by atoms with E-state index in [1.54, 1.807) is 16.7 Å². The third-order valence-electron chi connectivity index (χ3n) is 6.13. The number of hydrogen-bond donors (Lipinski definition) is 0. The maximum atomic E-state index is 12.7. The highest BCUT2D eigenvalue weighted by Gasteiger charge is 2.53. The molecule has 0 bridgehead atoms. The van der Waals surface area contributed by atoms with Gasteiger partial charge in [-0.3, -0.25) is 4.79 Å². The van der Waals surface area contributed by atoms with Crippen LogP contribution in [0.4, 0.5) is 0 Å². The number of fused-ring (bicyclic) bond motifs is 3. The van der Waals surface area contributed by atoms with Crippen LogP contribution >= 0.6 is 11.8 Å². The van der Waals surface area contributed by atoms with Gasteiger partial charge in [-0.05, 0) is 55.9 Å². The predicted octanol–water partition coefficient (Wildman–Crippen LogP) is 2.78. The highest BCUT2D eigenvalue weighted by Crippen LogP contribution is 2.47. The van der Waals surface area contributed by atoms with E-state index in [9.17, 15) is 14.4 Å². The van der Waals surface area contributed by atoms with Gasteiger partial charge in [0, 0.05) is 29.2 Å². The topological polar surface area (TPSA) is 76.8 Å². The van der Waals surface area contributed by atoms with Gasteiger partial charge in [0.2, 0.25) is 5.91 Å². The molecule has 2 aliphatic heterocycles. The molecule has 0 N–H and O–H groups in total. The number of aryl methyl sites for hydroxylation is 2. The Morgan fingerprint density at radius 1 is 1.25 bits per heavy atom. The summed E-state index contributed by atoms with van der Waals surface area (Å²) < 4.78 is 10.9. The number of nitrogens with zero attached hydrogens (tertiary/aromatic N) is 1. The van der Waals surface area contributed by atoms with E-state index in [1.807, 2.05) is 13.0 Å². The van der Waals surface area contributed by atoms with Crippen molar-refractivity contribution in [2.45, 2.75) is 56.5 Å². The van der Waals surface area contributed by atoms with Gasteiger partial charge in [0.15, 0.2) is 0 Å². The van der Waals surface area contributed by atoms with Crippen LogP contribution in [0, 0.1) is 0 Å². The van der Waals surface area contributed by atoms with Crippen LogP contribution in [0.3, 0.4) is 0 Å². The Bertz CT molecular complexity index is 1060. The van der Waals surface area contributed by atoms with Crippen molar-refractivity contribution in [1.82, 2.24) is 4.90 Å². The van der Waals surface area contributed by atoms with Crippen LogP contribution in [0.15, 0.2) is 27.4 Å². The monoisotopic (exact) mass is 399 g/mol.